The molecule has 0 aliphatic carbocycles. The molecule has 0 bridgehead atoms. The molecule has 4 nitrogen and oxygen atoms in total. The SMILES string of the molecule is CCOC(=O)c1cc(N)cc2sc3ccccc3c(=O)c12. The second-order valence-corrected chi connectivity index (χ2v) is 5.67. The van der Waals surface area contributed by atoms with Gasteiger partial charge in [0.25, 0.3) is 0 Å². The molecular formula is C16H13NO3S. The Labute approximate surface area is 124 Å². The van der Waals surface area contributed by atoms with Gasteiger partial charge in [-0.1, -0.05) is 12.1 Å². The minimum atomic E-state index is -0.519. The van der Waals surface area contributed by atoms with Gasteiger partial charge in [-0.2, -0.15) is 0 Å². The lowest BCUT2D eigenvalue weighted by Crippen LogP contribution is -2.11. The molecule has 2 N–H and O–H groups in total. The molecule has 21 heavy (non-hydrogen) atoms. The van der Waals surface area contributed by atoms with Gasteiger partial charge in [-0.15, -0.1) is 11.3 Å². The summed E-state index contributed by atoms with van der Waals surface area (Å²) in [6.07, 6.45) is 0. The lowest BCUT2D eigenvalue weighted by Gasteiger charge is -2.08. The van der Waals surface area contributed by atoms with Gasteiger partial charge in [-0.05, 0) is 31.2 Å². The Hall–Kier alpha value is -2.40. The topological polar surface area (TPSA) is 69.4 Å². The zero-order chi connectivity index (χ0) is 15.0. The zero-order valence-corrected chi connectivity index (χ0v) is 12.2. The second kappa shape index (κ2) is 5.18. The number of anilines is 1. The van der Waals surface area contributed by atoms with Crippen LogP contribution < -0.4 is 11.2 Å². The molecule has 106 valence electrons. The molecule has 3 rings (SSSR count). The van der Waals surface area contributed by atoms with E-state index in [0.29, 0.717) is 21.2 Å². The Kier molecular flexibility index (Phi) is 3.35. The molecule has 0 amide bonds. The van der Waals surface area contributed by atoms with Crippen molar-refractivity contribution in [3.05, 3.63) is 52.2 Å². The van der Waals surface area contributed by atoms with Crippen molar-refractivity contribution in [3.8, 4) is 0 Å². The molecule has 0 aliphatic rings. The molecule has 0 atom stereocenters. The van der Waals surface area contributed by atoms with Crippen LogP contribution in [-0.2, 0) is 4.74 Å². The summed E-state index contributed by atoms with van der Waals surface area (Å²) in [5.74, 6) is -0.519. The maximum Gasteiger partial charge on any atom is 0.338 e. The van der Waals surface area contributed by atoms with Crippen LogP contribution in [0.25, 0.3) is 20.2 Å². The number of hydrogen-bond donors (Lipinski definition) is 1. The van der Waals surface area contributed by atoms with Crippen molar-refractivity contribution in [3.63, 3.8) is 0 Å². The van der Waals surface area contributed by atoms with Gasteiger partial charge in [0.15, 0.2) is 5.43 Å². The van der Waals surface area contributed by atoms with Gasteiger partial charge >= 0.3 is 5.97 Å². The highest BCUT2D eigenvalue weighted by atomic mass is 32.1. The molecule has 0 unspecified atom stereocenters. The number of fused-ring (bicyclic) bond motifs is 2. The van der Waals surface area contributed by atoms with Gasteiger partial charge in [-0.3, -0.25) is 4.79 Å². The van der Waals surface area contributed by atoms with Crippen LogP contribution in [0.3, 0.4) is 0 Å². The fourth-order valence-electron chi connectivity index (χ4n) is 2.32. The molecule has 0 saturated heterocycles. The number of hydrogen-bond acceptors (Lipinski definition) is 5. The van der Waals surface area contributed by atoms with Gasteiger partial charge in [0.05, 0.1) is 17.6 Å². The van der Waals surface area contributed by atoms with E-state index in [4.69, 9.17) is 10.5 Å². The highest BCUT2D eigenvalue weighted by Gasteiger charge is 2.17. The van der Waals surface area contributed by atoms with Crippen LogP contribution in [0.15, 0.2) is 41.2 Å². The monoisotopic (exact) mass is 299 g/mol. The fourth-order valence-corrected chi connectivity index (χ4v) is 3.47. The average molecular weight is 299 g/mol. The van der Waals surface area contributed by atoms with Crippen LogP contribution in [0.5, 0.6) is 0 Å². The number of rotatable bonds is 2. The van der Waals surface area contributed by atoms with Gasteiger partial charge < -0.3 is 10.5 Å². The minimum Gasteiger partial charge on any atom is -0.462 e. The van der Waals surface area contributed by atoms with Crippen molar-refractivity contribution in [2.75, 3.05) is 12.3 Å². The highest BCUT2D eigenvalue weighted by Crippen LogP contribution is 2.29. The first-order valence-electron chi connectivity index (χ1n) is 6.54. The molecule has 5 heteroatoms. The first-order valence-corrected chi connectivity index (χ1v) is 7.35. The van der Waals surface area contributed by atoms with E-state index in [1.54, 1.807) is 19.1 Å². The summed E-state index contributed by atoms with van der Waals surface area (Å²) in [5.41, 5.74) is 6.36. The molecule has 1 aromatic heterocycles. The normalized spacial score (nSPS) is 10.9. The van der Waals surface area contributed by atoms with Gasteiger partial charge in [0, 0.05) is 20.5 Å². The Morgan fingerprint density at radius 2 is 2.00 bits per heavy atom. The van der Waals surface area contributed by atoms with E-state index in [-0.39, 0.29) is 17.6 Å². The van der Waals surface area contributed by atoms with Crippen molar-refractivity contribution in [2.45, 2.75) is 6.92 Å². The predicted molar refractivity (Wildman–Crippen MR) is 86.0 cm³/mol. The third kappa shape index (κ3) is 2.25. The quantitative estimate of drug-likeness (QED) is 0.448. The highest BCUT2D eigenvalue weighted by molar-refractivity contribution is 7.24. The Balaban J connectivity index is 2.45. The lowest BCUT2D eigenvalue weighted by molar-refractivity contribution is 0.0528. The Morgan fingerprint density at radius 1 is 1.24 bits per heavy atom. The molecule has 2 aromatic carbocycles. The predicted octanol–water partition coefficient (Wildman–Crippen LogP) is 3.17. The van der Waals surface area contributed by atoms with Crippen molar-refractivity contribution < 1.29 is 9.53 Å². The third-order valence-electron chi connectivity index (χ3n) is 3.20. The van der Waals surface area contributed by atoms with Crippen molar-refractivity contribution in [1.29, 1.82) is 0 Å². The van der Waals surface area contributed by atoms with Crippen LogP contribution in [0, 0.1) is 0 Å². The van der Waals surface area contributed by atoms with E-state index in [9.17, 15) is 9.59 Å². The standard InChI is InChI=1S/C16H13NO3S/c1-2-20-16(19)11-7-9(17)8-13-14(11)15(18)10-5-3-4-6-12(10)21-13/h3-8H,2,17H2,1H3. The minimum absolute atomic E-state index is 0.164. The maximum atomic E-state index is 12.7. The molecule has 0 fully saturated rings. The van der Waals surface area contributed by atoms with Crippen LogP contribution in [0.4, 0.5) is 5.69 Å². The van der Waals surface area contributed by atoms with Gasteiger partial charge in [0.2, 0.25) is 0 Å². The summed E-state index contributed by atoms with van der Waals surface area (Å²) < 4.78 is 6.60. The first kappa shape index (κ1) is 13.6. The van der Waals surface area contributed by atoms with Crippen molar-refractivity contribution >= 4 is 43.2 Å². The van der Waals surface area contributed by atoms with E-state index >= 15 is 0 Å². The summed E-state index contributed by atoms with van der Waals surface area (Å²) in [6.45, 7) is 1.98. The average Bonchev–Trinajstić information content (AvgIpc) is 2.46. The molecule has 1 heterocycles. The van der Waals surface area contributed by atoms with E-state index in [1.807, 2.05) is 18.2 Å². The number of carbonyl (C=O) groups is 1. The van der Waals surface area contributed by atoms with Crippen molar-refractivity contribution in [2.24, 2.45) is 0 Å². The van der Waals surface area contributed by atoms with Crippen LogP contribution in [0.1, 0.15) is 17.3 Å². The van der Waals surface area contributed by atoms with E-state index in [2.05, 4.69) is 0 Å². The van der Waals surface area contributed by atoms with Crippen LogP contribution in [-0.4, -0.2) is 12.6 Å². The fraction of sp³-hybridized carbons (Fsp3) is 0.125. The third-order valence-corrected chi connectivity index (χ3v) is 4.32. The smallest absolute Gasteiger partial charge is 0.338 e. The zero-order valence-electron chi connectivity index (χ0n) is 11.4. The summed E-state index contributed by atoms with van der Waals surface area (Å²) in [5, 5.41) is 0.983. The van der Waals surface area contributed by atoms with Crippen molar-refractivity contribution in [1.82, 2.24) is 0 Å². The largest absolute Gasteiger partial charge is 0.462 e. The molecule has 0 spiro atoms. The van der Waals surface area contributed by atoms with E-state index < -0.39 is 5.97 Å². The molecule has 0 saturated carbocycles. The summed E-state index contributed by atoms with van der Waals surface area (Å²) >= 11 is 1.44. The Bertz CT molecular complexity index is 914. The summed E-state index contributed by atoms with van der Waals surface area (Å²) in [6, 6.07) is 10.6. The maximum absolute atomic E-state index is 12.7. The van der Waals surface area contributed by atoms with Gasteiger partial charge in [0.1, 0.15) is 0 Å². The number of esters is 1. The number of nitrogens with two attached hydrogens (primary N) is 1. The number of benzene rings is 2. The number of ether oxygens (including phenoxy) is 1. The summed E-state index contributed by atoms with van der Waals surface area (Å²) in [7, 11) is 0. The second-order valence-electron chi connectivity index (χ2n) is 4.59. The Morgan fingerprint density at radius 3 is 2.76 bits per heavy atom. The van der Waals surface area contributed by atoms with Gasteiger partial charge in [-0.25, -0.2) is 4.79 Å². The number of carbonyl (C=O) groups excluding carboxylic acids is 1. The van der Waals surface area contributed by atoms with E-state index in [0.717, 1.165) is 4.70 Å². The first-order chi connectivity index (χ1) is 10.1. The lowest BCUT2D eigenvalue weighted by atomic mass is 10.1. The van der Waals surface area contributed by atoms with Crippen LogP contribution in [0.2, 0.25) is 0 Å². The molecular weight excluding hydrogens is 286 g/mol. The summed E-state index contributed by atoms with van der Waals surface area (Å²) in [4.78, 5) is 24.8. The number of nitrogen functional groups attached to an aromatic ring is 1. The van der Waals surface area contributed by atoms with Crippen LogP contribution >= 0.6 is 11.3 Å². The van der Waals surface area contributed by atoms with E-state index in [1.165, 1.54) is 17.4 Å². The molecule has 0 radical (unpaired) electrons. The molecule has 3 aromatic rings. The molecule has 0 aliphatic heterocycles.